The van der Waals surface area contributed by atoms with Crippen LogP contribution in [-0.2, 0) is 6.54 Å². The zero-order chi connectivity index (χ0) is 13.2. The number of pyridine rings is 1. The Bertz CT molecular complexity index is 713. The van der Waals surface area contributed by atoms with Crippen LogP contribution in [0.3, 0.4) is 0 Å². The lowest BCUT2D eigenvalue weighted by molar-refractivity contribution is 0.413. The molecular formula is C12H10BrN5O. The van der Waals surface area contributed by atoms with Gasteiger partial charge in [0.05, 0.1) is 29.3 Å². The number of nitrogens with zero attached hydrogens (tertiary/aromatic N) is 5. The van der Waals surface area contributed by atoms with E-state index in [1.165, 1.54) is 0 Å². The van der Waals surface area contributed by atoms with E-state index in [4.69, 9.17) is 4.74 Å². The third-order valence-corrected chi connectivity index (χ3v) is 3.58. The van der Waals surface area contributed by atoms with Gasteiger partial charge in [-0.3, -0.25) is 4.98 Å². The van der Waals surface area contributed by atoms with Gasteiger partial charge in [-0.2, -0.15) is 0 Å². The van der Waals surface area contributed by atoms with Gasteiger partial charge in [0.2, 0.25) is 0 Å². The quantitative estimate of drug-likeness (QED) is 0.739. The zero-order valence-corrected chi connectivity index (χ0v) is 11.7. The maximum Gasteiger partial charge on any atom is 0.138 e. The molecule has 19 heavy (non-hydrogen) atoms. The Morgan fingerprint density at radius 2 is 2.16 bits per heavy atom. The van der Waals surface area contributed by atoms with E-state index in [1.54, 1.807) is 18.1 Å². The Kier molecular flexibility index (Phi) is 3.12. The van der Waals surface area contributed by atoms with Crippen LogP contribution in [0, 0.1) is 0 Å². The summed E-state index contributed by atoms with van der Waals surface area (Å²) in [5.41, 5.74) is 1.80. The number of halogens is 1. The molecule has 0 fully saturated rings. The Morgan fingerprint density at radius 3 is 2.89 bits per heavy atom. The molecule has 0 radical (unpaired) electrons. The van der Waals surface area contributed by atoms with Crippen LogP contribution in [0.2, 0.25) is 0 Å². The Balaban J connectivity index is 2.02. The molecular weight excluding hydrogens is 310 g/mol. The van der Waals surface area contributed by atoms with Crippen molar-refractivity contribution in [2.45, 2.75) is 6.54 Å². The Hall–Kier alpha value is -2.02. The molecule has 2 heterocycles. The van der Waals surface area contributed by atoms with Gasteiger partial charge in [0.15, 0.2) is 0 Å². The maximum atomic E-state index is 5.26. The van der Waals surface area contributed by atoms with Gasteiger partial charge in [0.1, 0.15) is 12.1 Å². The molecule has 0 unspecified atom stereocenters. The van der Waals surface area contributed by atoms with Crippen LogP contribution < -0.4 is 4.74 Å². The van der Waals surface area contributed by atoms with Crippen LogP contribution in [0.15, 0.2) is 35.1 Å². The highest BCUT2D eigenvalue weighted by molar-refractivity contribution is 9.10. The minimum Gasteiger partial charge on any atom is -0.496 e. The van der Waals surface area contributed by atoms with Crippen molar-refractivity contribution in [1.82, 2.24) is 25.2 Å². The fourth-order valence-corrected chi connectivity index (χ4v) is 2.48. The van der Waals surface area contributed by atoms with Crippen molar-refractivity contribution < 1.29 is 4.74 Å². The number of methoxy groups -OCH3 is 1. The first-order valence-corrected chi connectivity index (χ1v) is 6.40. The van der Waals surface area contributed by atoms with Crippen LogP contribution in [0.5, 0.6) is 5.75 Å². The molecule has 3 rings (SSSR count). The van der Waals surface area contributed by atoms with Gasteiger partial charge in [-0.25, -0.2) is 4.68 Å². The molecule has 7 heteroatoms. The third kappa shape index (κ3) is 2.28. The molecule has 96 valence electrons. The predicted molar refractivity (Wildman–Crippen MR) is 72.9 cm³/mol. The second kappa shape index (κ2) is 4.93. The number of hydrogen-bond acceptors (Lipinski definition) is 5. The molecule has 0 spiro atoms. The molecule has 0 N–H and O–H groups in total. The standard InChI is InChI=1S/C12H10BrN5O/c1-19-11-5-4-10-9(12(11)13)3-2-8(15-10)6-18-7-14-16-17-18/h2-5,7H,6H2,1H3. The normalized spacial score (nSPS) is 10.8. The van der Waals surface area contributed by atoms with Crippen molar-refractivity contribution in [2.75, 3.05) is 7.11 Å². The van der Waals surface area contributed by atoms with Gasteiger partial charge < -0.3 is 4.74 Å². The number of aromatic nitrogens is 5. The average molecular weight is 320 g/mol. The monoisotopic (exact) mass is 319 g/mol. The van der Waals surface area contributed by atoms with Crippen molar-refractivity contribution in [3.8, 4) is 5.75 Å². The van der Waals surface area contributed by atoms with Crippen molar-refractivity contribution in [3.63, 3.8) is 0 Å². The summed E-state index contributed by atoms with van der Waals surface area (Å²) < 4.78 is 7.81. The number of rotatable bonds is 3. The van der Waals surface area contributed by atoms with E-state index in [0.29, 0.717) is 6.54 Å². The first-order chi connectivity index (χ1) is 9.28. The molecule has 0 aliphatic carbocycles. The molecule has 0 saturated carbocycles. The van der Waals surface area contributed by atoms with Crippen molar-refractivity contribution in [3.05, 3.63) is 40.8 Å². The predicted octanol–water partition coefficient (Wildman–Crippen LogP) is 2.04. The highest BCUT2D eigenvalue weighted by atomic mass is 79.9. The largest absolute Gasteiger partial charge is 0.496 e. The second-order valence-corrected chi connectivity index (χ2v) is 4.75. The Morgan fingerprint density at radius 1 is 1.26 bits per heavy atom. The van der Waals surface area contributed by atoms with E-state index in [2.05, 4.69) is 36.4 Å². The molecule has 0 saturated heterocycles. The van der Waals surface area contributed by atoms with E-state index in [9.17, 15) is 0 Å². The highest BCUT2D eigenvalue weighted by Crippen LogP contribution is 2.32. The average Bonchev–Trinajstić information content (AvgIpc) is 2.92. The van der Waals surface area contributed by atoms with Gasteiger partial charge in [0, 0.05) is 5.39 Å². The molecule has 6 nitrogen and oxygen atoms in total. The van der Waals surface area contributed by atoms with Crippen LogP contribution in [0.4, 0.5) is 0 Å². The summed E-state index contributed by atoms with van der Waals surface area (Å²) in [7, 11) is 1.64. The first kappa shape index (κ1) is 12.0. The summed E-state index contributed by atoms with van der Waals surface area (Å²) in [6.07, 6.45) is 1.57. The van der Waals surface area contributed by atoms with Crippen molar-refractivity contribution >= 4 is 26.8 Å². The third-order valence-electron chi connectivity index (χ3n) is 2.76. The number of fused-ring (bicyclic) bond motifs is 1. The van der Waals surface area contributed by atoms with E-state index in [0.717, 1.165) is 26.8 Å². The van der Waals surface area contributed by atoms with Crippen LogP contribution in [-0.4, -0.2) is 32.3 Å². The lowest BCUT2D eigenvalue weighted by atomic mass is 10.2. The maximum absolute atomic E-state index is 5.26. The summed E-state index contributed by atoms with van der Waals surface area (Å²) in [6.45, 7) is 0.548. The van der Waals surface area contributed by atoms with E-state index >= 15 is 0 Å². The summed E-state index contributed by atoms with van der Waals surface area (Å²) in [4.78, 5) is 4.58. The van der Waals surface area contributed by atoms with Crippen LogP contribution in [0.1, 0.15) is 5.69 Å². The van der Waals surface area contributed by atoms with Gasteiger partial charge in [-0.05, 0) is 50.6 Å². The lowest BCUT2D eigenvalue weighted by Gasteiger charge is -2.07. The number of benzene rings is 1. The van der Waals surface area contributed by atoms with Gasteiger partial charge in [0.25, 0.3) is 0 Å². The molecule has 0 amide bonds. The van der Waals surface area contributed by atoms with E-state index < -0.39 is 0 Å². The van der Waals surface area contributed by atoms with Crippen molar-refractivity contribution in [2.24, 2.45) is 0 Å². The molecule has 2 aromatic heterocycles. The fourth-order valence-electron chi connectivity index (χ4n) is 1.85. The SMILES string of the molecule is COc1ccc2nc(Cn3cnnn3)ccc2c1Br. The van der Waals surface area contributed by atoms with Gasteiger partial charge in [-0.15, -0.1) is 5.10 Å². The summed E-state index contributed by atoms with van der Waals surface area (Å²) in [6, 6.07) is 7.78. The lowest BCUT2D eigenvalue weighted by Crippen LogP contribution is -2.02. The number of ether oxygens (including phenoxy) is 1. The molecule has 3 aromatic rings. The highest BCUT2D eigenvalue weighted by Gasteiger charge is 2.07. The second-order valence-electron chi connectivity index (χ2n) is 3.96. The van der Waals surface area contributed by atoms with Crippen molar-refractivity contribution in [1.29, 1.82) is 0 Å². The molecule has 0 atom stereocenters. The molecule has 0 bridgehead atoms. The van der Waals surface area contributed by atoms with Gasteiger partial charge >= 0.3 is 0 Å². The minimum atomic E-state index is 0.548. The molecule has 1 aromatic carbocycles. The van der Waals surface area contributed by atoms with E-state index in [-0.39, 0.29) is 0 Å². The first-order valence-electron chi connectivity index (χ1n) is 5.61. The minimum absolute atomic E-state index is 0.548. The Labute approximate surface area is 117 Å². The van der Waals surface area contributed by atoms with Crippen LogP contribution in [0.25, 0.3) is 10.9 Å². The topological polar surface area (TPSA) is 65.7 Å². The summed E-state index contributed by atoms with van der Waals surface area (Å²) in [5.74, 6) is 0.794. The number of tetrazole rings is 1. The summed E-state index contributed by atoms with van der Waals surface area (Å²) >= 11 is 3.52. The van der Waals surface area contributed by atoms with Gasteiger partial charge in [-0.1, -0.05) is 0 Å². The van der Waals surface area contributed by atoms with Crippen LogP contribution >= 0.6 is 15.9 Å². The smallest absolute Gasteiger partial charge is 0.138 e. The van der Waals surface area contributed by atoms with E-state index in [1.807, 2.05) is 24.3 Å². The fraction of sp³-hybridized carbons (Fsp3) is 0.167. The zero-order valence-electron chi connectivity index (χ0n) is 10.1. The molecule has 0 aliphatic rings. The summed E-state index contributed by atoms with van der Waals surface area (Å²) in [5, 5.41) is 12.0. The molecule has 0 aliphatic heterocycles. The number of hydrogen-bond donors (Lipinski definition) is 0.